The van der Waals surface area contributed by atoms with Crippen LogP contribution >= 0.6 is 0 Å². The first-order chi connectivity index (χ1) is 3.31. The molecule has 0 bridgehead atoms. The number of hydrogen-bond donors (Lipinski definition) is 0. The molecule has 0 aliphatic rings. The standard InChI is InChI=1S/C5H6O2.2CH4/c1-3-5(6)7-4-2;;/h3-4H,1-2H2;2*1H4. The van der Waals surface area contributed by atoms with Gasteiger partial charge in [0.15, 0.2) is 0 Å². The monoisotopic (exact) mass is 130 g/mol. The van der Waals surface area contributed by atoms with Gasteiger partial charge in [0.1, 0.15) is 0 Å². The van der Waals surface area contributed by atoms with Crippen LogP contribution < -0.4 is 0 Å². The highest BCUT2D eigenvalue weighted by atomic mass is 16.5. The van der Waals surface area contributed by atoms with Gasteiger partial charge in [0, 0.05) is 6.08 Å². The predicted octanol–water partition coefficient (Wildman–Crippen LogP) is 2.13. The Labute approximate surface area is 56.8 Å². The molecule has 0 unspecified atom stereocenters. The first-order valence-electron chi connectivity index (χ1n) is 1.75. The van der Waals surface area contributed by atoms with Crippen molar-refractivity contribution >= 4 is 5.97 Å². The van der Waals surface area contributed by atoms with Crippen molar-refractivity contribution in [3.05, 3.63) is 25.5 Å². The molecule has 0 aliphatic carbocycles. The van der Waals surface area contributed by atoms with Crippen LogP contribution in [0.3, 0.4) is 0 Å². The van der Waals surface area contributed by atoms with Gasteiger partial charge in [-0.05, 0) is 0 Å². The molecule has 2 nitrogen and oxygen atoms in total. The number of hydrogen-bond acceptors (Lipinski definition) is 2. The summed E-state index contributed by atoms with van der Waals surface area (Å²) < 4.78 is 4.20. The third kappa shape index (κ3) is 10.9. The molecular weight excluding hydrogens is 116 g/mol. The molecule has 0 N–H and O–H groups in total. The van der Waals surface area contributed by atoms with Gasteiger partial charge in [-0.15, -0.1) is 0 Å². The zero-order valence-corrected chi connectivity index (χ0v) is 3.89. The number of rotatable bonds is 2. The van der Waals surface area contributed by atoms with E-state index >= 15 is 0 Å². The van der Waals surface area contributed by atoms with Crippen LogP contribution in [0.15, 0.2) is 25.5 Å². The summed E-state index contributed by atoms with van der Waals surface area (Å²) in [5.41, 5.74) is 0. The van der Waals surface area contributed by atoms with Gasteiger partial charge in [0.25, 0.3) is 0 Å². The van der Waals surface area contributed by atoms with Gasteiger partial charge >= 0.3 is 5.97 Å². The Morgan fingerprint density at radius 3 is 1.89 bits per heavy atom. The summed E-state index contributed by atoms with van der Waals surface area (Å²) in [6.07, 6.45) is 2.13. The molecule has 54 valence electrons. The van der Waals surface area contributed by atoms with Crippen molar-refractivity contribution in [3.8, 4) is 0 Å². The Morgan fingerprint density at radius 1 is 1.33 bits per heavy atom. The summed E-state index contributed by atoms with van der Waals surface area (Å²) in [6, 6.07) is 0. The molecular formula is C7H14O2. The Hall–Kier alpha value is -1.05. The molecule has 0 saturated carbocycles. The molecule has 9 heavy (non-hydrogen) atoms. The van der Waals surface area contributed by atoms with Crippen LogP contribution in [0, 0.1) is 0 Å². The highest BCUT2D eigenvalue weighted by Gasteiger charge is 1.84. The first kappa shape index (κ1) is 15.7. The average Bonchev–Trinajstić information content (AvgIpc) is 1.68. The fourth-order valence-electron chi connectivity index (χ4n) is 0.130. The fraction of sp³-hybridized carbons (Fsp3) is 0.286. The topological polar surface area (TPSA) is 26.3 Å². The highest BCUT2D eigenvalue weighted by Crippen LogP contribution is 1.75. The molecule has 0 heterocycles. The minimum absolute atomic E-state index is 0. The van der Waals surface area contributed by atoms with E-state index < -0.39 is 5.97 Å². The molecule has 0 spiro atoms. The van der Waals surface area contributed by atoms with Crippen LogP contribution in [0.2, 0.25) is 0 Å². The van der Waals surface area contributed by atoms with Gasteiger partial charge in [0.2, 0.25) is 0 Å². The van der Waals surface area contributed by atoms with E-state index in [4.69, 9.17) is 0 Å². The fourth-order valence-corrected chi connectivity index (χ4v) is 0.130. The third-order valence-electron chi connectivity index (χ3n) is 0.366. The van der Waals surface area contributed by atoms with Crippen molar-refractivity contribution in [2.24, 2.45) is 0 Å². The van der Waals surface area contributed by atoms with Crippen LogP contribution in [0.25, 0.3) is 0 Å². The van der Waals surface area contributed by atoms with Crippen LogP contribution in [0.5, 0.6) is 0 Å². The second-order valence-corrected chi connectivity index (χ2v) is 0.808. The Kier molecular flexibility index (Phi) is 17.5. The summed E-state index contributed by atoms with van der Waals surface area (Å²) in [5.74, 6) is -0.477. The van der Waals surface area contributed by atoms with E-state index in [2.05, 4.69) is 17.9 Å². The number of carbonyl (C=O) groups is 1. The molecule has 2 heteroatoms. The molecule has 0 radical (unpaired) electrons. The van der Waals surface area contributed by atoms with Crippen molar-refractivity contribution in [2.45, 2.75) is 14.9 Å². The average molecular weight is 130 g/mol. The largest absolute Gasteiger partial charge is 0.432 e. The maximum absolute atomic E-state index is 10.0. The summed E-state index contributed by atoms with van der Waals surface area (Å²) in [5, 5.41) is 0. The van der Waals surface area contributed by atoms with Gasteiger partial charge in [-0.3, -0.25) is 0 Å². The quantitative estimate of drug-likeness (QED) is 0.325. The molecule has 0 aromatic rings. The van der Waals surface area contributed by atoms with Crippen molar-refractivity contribution in [3.63, 3.8) is 0 Å². The summed E-state index contributed by atoms with van der Waals surface area (Å²) in [6.45, 7) is 6.31. The smallest absolute Gasteiger partial charge is 0.334 e. The molecule has 0 fully saturated rings. The first-order valence-corrected chi connectivity index (χ1v) is 1.75. The van der Waals surface area contributed by atoms with Crippen LogP contribution in [0.1, 0.15) is 14.9 Å². The lowest BCUT2D eigenvalue weighted by molar-refractivity contribution is -0.132. The van der Waals surface area contributed by atoms with Gasteiger partial charge in [-0.1, -0.05) is 28.0 Å². The van der Waals surface area contributed by atoms with E-state index in [1.165, 1.54) is 0 Å². The van der Waals surface area contributed by atoms with Gasteiger partial charge in [-0.2, -0.15) is 0 Å². The van der Waals surface area contributed by atoms with Crippen molar-refractivity contribution < 1.29 is 9.53 Å². The SMILES string of the molecule is C.C.C=COC(=O)C=C. The van der Waals surface area contributed by atoms with Crippen molar-refractivity contribution in [2.75, 3.05) is 0 Å². The molecule has 0 atom stereocenters. The zero-order chi connectivity index (χ0) is 5.70. The van der Waals surface area contributed by atoms with Crippen molar-refractivity contribution in [1.29, 1.82) is 0 Å². The van der Waals surface area contributed by atoms with E-state index in [1.807, 2.05) is 0 Å². The van der Waals surface area contributed by atoms with E-state index in [0.717, 1.165) is 12.3 Å². The summed E-state index contributed by atoms with van der Waals surface area (Å²) >= 11 is 0. The number of ether oxygens (including phenoxy) is 1. The van der Waals surface area contributed by atoms with Gasteiger partial charge in [-0.25, -0.2) is 4.79 Å². The molecule has 0 rings (SSSR count). The molecule has 0 saturated heterocycles. The van der Waals surface area contributed by atoms with Gasteiger partial charge in [0.05, 0.1) is 6.26 Å². The van der Waals surface area contributed by atoms with E-state index in [-0.39, 0.29) is 14.9 Å². The maximum Gasteiger partial charge on any atom is 0.334 e. The van der Waals surface area contributed by atoms with Gasteiger partial charge < -0.3 is 4.74 Å². The summed E-state index contributed by atoms with van der Waals surface area (Å²) in [7, 11) is 0. The number of carbonyl (C=O) groups excluding carboxylic acids is 1. The Bertz CT molecular complexity index is 95.1. The zero-order valence-electron chi connectivity index (χ0n) is 3.89. The molecule has 0 amide bonds. The van der Waals surface area contributed by atoms with Crippen LogP contribution in [-0.2, 0) is 9.53 Å². The van der Waals surface area contributed by atoms with E-state index in [9.17, 15) is 4.79 Å². The van der Waals surface area contributed by atoms with Crippen LogP contribution in [0.4, 0.5) is 0 Å². The van der Waals surface area contributed by atoms with Crippen molar-refractivity contribution in [1.82, 2.24) is 0 Å². The summed E-state index contributed by atoms with van der Waals surface area (Å²) in [4.78, 5) is 10.0. The Balaban J connectivity index is -0.000000180. The lowest BCUT2D eigenvalue weighted by atomic mass is 10.7. The van der Waals surface area contributed by atoms with E-state index in [0.29, 0.717) is 0 Å². The maximum atomic E-state index is 10.0. The number of esters is 1. The predicted molar refractivity (Wildman–Crippen MR) is 39.9 cm³/mol. The van der Waals surface area contributed by atoms with Crippen LogP contribution in [-0.4, -0.2) is 5.97 Å². The Morgan fingerprint density at radius 2 is 1.78 bits per heavy atom. The lowest BCUT2D eigenvalue weighted by Gasteiger charge is -1.85. The molecule has 0 aromatic heterocycles. The highest BCUT2D eigenvalue weighted by molar-refractivity contribution is 5.81. The molecule has 0 aromatic carbocycles. The third-order valence-corrected chi connectivity index (χ3v) is 0.366. The molecule has 0 aliphatic heterocycles. The lowest BCUT2D eigenvalue weighted by Crippen LogP contribution is -1.90. The van der Waals surface area contributed by atoms with E-state index in [1.54, 1.807) is 0 Å². The minimum Gasteiger partial charge on any atom is -0.432 e. The minimum atomic E-state index is -0.477. The second kappa shape index (κ2) is 10.0. The second-order valence-electron chi connectivity index (χ2n) is 0.808. The normalized spacial score (nSPS) is 5.33.